The lowest BCUT2D eigenvalue weighted by molar-refractivity contribution is -0.146. The van der Waals surface area contributed by atoms with E-state index in [1.165, 1.54) is 4.90 Å². The van der Waals surface area contributed by atoms with Crippen LogP contribution in [0.25, 0.3) is 0 Å². The summed E-state index contributed by atoms with van der Waals surface area (Å²) in [5, 5.41) is 9.17. The van der Waals surface area contributed by atoms with Gasteiger partial charge in [0, 0.05) is 19.4 Å². The van der Waals surface area contributed by atoms with Crippen LogP contribution in [0.1, 0.15) is 24.8 Å². The molecule has 2 heterocycles. The molecular formula is C15H17NO5. The van der Waals surface area contributed by atoms with Gasteiger partial charge in [-0.15, -0.1) is 0 Å². The Morgan fingerprint density at radius 2 is 2.05 bits per heavy atom. The molecule has 0 saturated carbocycles. The monoisotopic (exact) mass is 291 g/mol. The van der Waals surface area contributed by atoms with Crippen molar-refractivity contribution in [3.8, 4) is 11.5 Å². The van der Waals surface area contributed by atoms with Crippen molar-refractivity contribution in [2.45, 2.75) is 31.8 Å². The van der Waals surface area contributed by atoms with E-state index < -0.39 is 12.0 Å². The Morgan fingerprint density at radius 3 is 2.81 bits per heavy atom. The highest BCUT2D eigenvalue weighted by Gasteiger charge is 2.35. The molecule has 0 bridgehead atoms. The van der Waals surface area contributed by atoms with Gasteiger partial charge >= 0.3 is 5.97 Å². The zero-order chi connectivity index (χ0) is 14.8. The van der Waals surface area contributed by atoms with Crippen LogP contribution < -0.4 is 9.47 Å². The lowest BCUT2D eigenvalue weighted by atomic mass is 10.1. The lowest BCUT2D eigenvalue weighted by Crippen LogP contribution is -2.37. The topological polar surface area (TPSA) is 76.1 Å². The van der Waals surface area contributed by atoms with Gasteiger partial charge in [0.1, 0.15) is 6.04 Å². The van der Waals surface area contributed by atoms with Crippen molar-refractivity contribution in [2.24, 2.45) is 0 Å². The fourth-order valence-corrected chi connectivity index (χ4v) is 2.69. The zero-order valence-corrected chi connectivity index (χ0v) is 11.6. The van der Waals surface area contributed by atoms with Crippen LogP contribution in [0, 0.1) is 0 Å². The maximum Gasteiger partial charge on any atom is 0.326 e. The van der Waals surface area contributed by atoms with Crippen molar-refractivity contribution in [1.29, 1.82) is 0 Å². The fraction of sp³-hybridized carbons (Fsp3) is 0.467. The summed E-state index contributed by atoms with van der Waals surface area (Å²) in [6, 6.07) is 4.75. The Balaban J connectivity index is 1.79. The van der Waals surface area contributed by atoms with Gasteiger partial charge in [-0.25, -0.2) is 4.79 Å². The first kappa shape index (κ1) is 13.7. The summed E-state index contributed by atoms with van der Waals surface area (Å²) in [6.45, 7) is 1.50. The quantitative estimate of drug-likeness (QED) is 0.911. The van der Waals surface area contributed by atoms with Gasteiger partial charge in [-0.1, -0.05) is 6.07 Å². The maximum atomic E-state index is 11.8. The molecule has 1 N–H and O–H groups in total. The predicted molar refractivity (Wildman–Crippen MR) is 73.3 cm³/mol. The molecule has 0 spiro atoms. The van der Waals surface area contributed by atoms with E-state index in [2.05, 4.69) is 0 Å². The number of rotatable bonds is 3. The van der Waals surface area contributed by atoms with Crippen LogP contribution in [-0.4, -0.2) is 41.1 Å². The first-order valence-corrected chi connectivity index (χ1v) is 7.06. The maximum absolute atomic E-state index is 11.8. The van der Waals surface area contributed by atoms with E-state index in [1.54, 1.807) is 0 Å². The van der Waals surface area contributed by atoms with Gasteiger partial charge in [-0.3, -0.25) is 4.79 Å². The summed E-state index contributed by atoms with van der Waals surface area (Å²) >= 11 is 0. The molecule has 2 aliphatic rings. The Hall–Kier alpha value is -2.24. The number of nitrogens with zero attached hydrogens (tertiary/aromatic N) is 1. The van der Waals surface area contributed by atoms with E-state index in [1.807, 2.05) is 18.2 Å². The molecule has 0 radical (unpaired) electrons. The molecule has 0 aromatic heterocycles. The molecule has 1 amide bonds. The van der Waals surface area contributed by atoms with E-state index in [9.17, 15) is 14.7 Å². The number of hydrogen-bond donors (Lipinski definition) is 1. The second kappa shape index (κ2) is 5.63. The van der Waals surface area contributed by atoms with Crippen LogP contribution in [0.5, 0.6) is 11.5 Å². The molecule has 0 aliphatic carbocycles. The number of benzene rings is 1. The van der Waals surface area contributed by atoms with Crippen molar-refractivity contribution in [2.75, 3.05) is 13.2 Å². The van der Waals surface area contributed by atoms with Crippen LogP contribution in [0.15, 0.2) is 18.2 Å². The largest absolute Gasteiger partial charge is 0.490 e. The third kappa shape index (κ3) is 2.79. The number of aliphatic carboxylic acids is 1. The van der Waals surface area contributed by atoms with Crippen molar-refractivity contribution >= 4 is 11.9 Å². The smallest absolute Gasteiger partial charge is 0.326 e. The molecular weight excluding hydrogens is 274 g/mol. The number of carboxylic acid groups (broad SMARTS) is 1. The van der Waals surface area contributed by atoms with Crippen molar-refractivity contribution in [3.63, 3.8) is 0 Å². The van der Waals surface area contributed by atoms with Gasteiger partial charge < -0.3 is 19.5 Å². The minimum atomic E-state index is -0.949. The zero-order valence-electron chi connectivity index (χ0n) is 11.6. The summed E-state index contributed by atoms with van der Waals surface area (Å²) in [5.74, 6) is 0.284. The van der Waals surface area contributed by atoms with Crippen molar-refractivity contribution in [3.05, 3.63) is 23.8 Å². The number of likely N-dealkylation sites (tertiary alicyclic amines) is 1. The second-order valence-electron chi connectivity index (χ2n) is 5.25. The SMILES string of the molecule is O=C(O)C1CCC(=O)N1Cc1ccc2c(c1)OCCCO2. The molecule has 112 valence electrons. The molecule has 1 unspecified atom stereocenters. The van der Waals surface area contributed by atoms with Crippen molar-refractivity contribution in [1.82, 2.24) is 4.90 Å². The van der Waals surface area contributed by atoms with Gasteiger partial charge in [0.15, 0.2) is 11.5 Å². The molecule has 1 aromatic rings. The lowest BCUT2D eigenvalue weighted by Gasteiger charge is -2.22. The highest BCUT2D eigenvalue weighted by molar-refractivity contribution is 5.87. The normalized spacial score (nSPS) is 21.2. The fourth-order valence-electron chi connectivity index (χ4n) is 2.69. The van der Waals surface area contributed by atoms with Crippen LogP contribution in [-0.2, 0) is 16.1 Å². The minimum Gasteiger partial charge on any atom is -0.490 e. The van der Waals surface area contributed by atoms with Gasteiger partial charge in [-0.05, 0) is 24.1 Å². The molecule has 6 heteroatoms. The Kier molecular flexibility index (Phi) is 3.68. The molecule has 1 aromatic carbocycles. The average molecular weight is 291 g/mol. The van der Waals surface area contributed by atoms with Gasteiger partial charge in [-0.2, -0.15) is 0 Å². The van der Waals surface area contributed by atoms with Crippen LogP contribution in [0.3, 0.4) is 0 Å². The van der Waals surface area contributed by atoms with E-state index in [-0.39, 0.29) is 12.5 Å². The molecule has 3 rings (SSSR count). The van der Waals surface area contributed by atoms with Crippen LogP contribution in [0.2, 0.25) is 0 Å². The van der Waals surface area contributed by atoms with Crippen molar-refractivity contribution < 1.29 is 24.2 Å². The highest BCUT2D eigenvalue weighted by Crippen LogP contribution is 2.31. The Labute approximate surface area is 122 Å². The first-order chi connectivity index (χ1) is 10.1. The molecule has 1 atom stereocenters. The Bertz CT molecular complexity index is 571. The molecule has 21 heavy (non-hydrogen) atoms. The number of carboxylic acids is 1. The second-order valence-corrected chi connectivity index (χ2v) is 5.25. The van der Waals surface area contributed by atoms with Gasteiger partial charge in [0.05, 0.1) is 13.2 Å². The summed E-state index contributed by atoms with van der Waals surface area (Å²) in [5.41, 5.74) is 0.848. The van der Waals surface area contributed by atoms with E-state index in [0.717, 1.165) is 12.0 Å². The van der Waals surface area contributed by atoms with Crippen LogP contribution >= 0.6 is 0 Å². The molecule has 2 aliphatic heterocycles. The summed E-state index contributed by atoms with van der Waals surface area (Å²) < 4.78 is 11.2. The Morgan fingerprint density at radius 1 is 1.29 bits per heavy atom. The van der Waals surface area contributed by atoms with E-state index in [4.69, 9.17) is 9.47 Å². The number of ether oxygens (including phenoxy) is 2. The molecule has 1 saturated heterocycles. The third-order valence-corrected chi connectivity index (χ3v) is 3.78. The molecule has 1 fully saturated rings. The van der Waals surface area contributed by atoms with E-state index >= 15 is 0 Å². The number of carbonyl (C=O) groups is 2. The van der Waals surface area contributed by atoms with Gasteiger partial charge in [0.2, 0.25) is 5.91 Å². The predicted octanol–water partition coefficient (Wildman–Crippen LogP) is 1.42. The minimum absolute atomic E-state index is 0.116. The standard InChI is InChI=1S/C15H17NO5/c17-14-5-3-11(15(18)19)16(14)9-10-2-4-12-13(8-10)21-7-1-6-20-12/h2,4,8,11H,1,3,5-7,9H2,(H,18,19). The summed E-state index contributed by atoms with van der Waals surface area (Å²) in [4.78, 5) is 24.4. The average Bonchev–Trinajstić information content (AvgIpc) is 2.69. The number of hydrogen-bond acceptors (Lipinski definition) is 4. The number of fused-ring (bicyclic) bond motifs is 1. The van der Waals surface area contributed by atoms with Crippen LogP contribution in [0.4, 0.5) is 0 Å². The highest BCUT2D eigenvalue weighted by atomic mass is 16.5. The third-order valence-electron chi connectivity index (χ3n) is 3.78. The number of amides is 1. The summed E-state index contributed by atoms with van der Waals surface area (Å²) in [7, 11) is 0. The number of carbonyl (C=O) groups excluding carboxylic acids is 1. The first-order valence-electron chi connectivity index (χ1n) is 7.06. The van der Waals surface area contributed by atoms with E-state index in [0.29, 0.717) is 37.6 Å². The molecule has 6 nitrogen and oxygen atoms in total. The summed E-state index contributed by atoms with van der Waals surface area (Å²) in [6.07, 6.45) is 1.50. The van der Waals surface area contributed by atoms with Gasteiger partial charge in [0.25, 0.3) is 0 Å².